The van der Waals surface area contributed by atoms with Crippen LogP contribution in [0.2, 0.25) is 0 Å². The Hall–Kier alpha value is -0.390. The van der Waals surface area contributed by atoms with E-state index < -0.39 is 0 Å². The molecule has 100 valence electrons. The van der Waals surface area contributed by atoms with Crippen LogP contribution >= 0.6 is 12.2 Å². The minimum absolute atomic E-state index is 0.255. The molecule has 5 heteroatoms. The van der Waals surface area contributed by atoms with Crippen molar-refractivity contribution in [3.8, 4) is 0 Å². The molecule has 1 fully saturated rings. The largest absolute Gasteiger partial charge is 0.383 e. The Bertz CT molecular complexity index is 238. The molecule has 0 aromatic carbocycles. The van der Waals surface area contributed by atoms with E-state index in [0.29, 0.717) is 12.6 Å². The highest BCUT2D eigenvalue weighted by atomic mass is 32.1. The molecular formula is C12H25N3OS. The summed E-state index contributed by atoms with van der Waals surface area (Å²) in [6, 6.07) is 0.892. The van der Waals surface area contributed by atoms with Gasteiger partial charge in [0.05, 0.1) is 6.61 Å². The van der Waals surface area contributed by atoms with Crippen molar-refractivity contribution in [2.24, 2.45) is 0 Å². The van der Waals surface area contributed by atoms with Crippen molar-refractivity contribution in [3.05, 3.63) is 0 Å². The van der Waals surface area contributed by atoms with Gasteiger partial charge in [-0.2, -0.15) is 0 Å². The Morgan fingerprint density at radius 3 is 3.00 bits per heavy atom. The molecule has 2 N–H and O–H groups in total. The second kappa shape index (κ2) is 7.84. The lowest BCUT2D eigenvalue weighted by molar-refractivity contribution is 0.179. The topological polar surface area (TPSA) is 36.5 Å². The summed E-state index contributed by atoms with van der Waals surface area (Å²) < 4.78 is 5.06. The van der Waals surface area contributed by atoms with E-state index in [0.717, 1.165) is 18.2 Å². The first-order valence-corrected chi connectivity index (χ1v) is 6.85. The summed E-state index contributed by atoms with van der Waals surface area (Å²) in [6.07, 6.45) is 2.58. The number of rotatable bonds is 6. The van der Waals surface area contributed by atoms with E-state index in [9.17, 15) is 0 Å². The van der Waals surface area contributed by atoms with Gasteiger partial charge in [0.25, 0.3) is 0 Å². The van der Waals surface area contributed by atoms with Crippen molar-refractivity contribution >= 4 is 17.3 Å². The summed E-state index contributed by atoms with van der Waals surface area (Å²) in [7, 11) is 1.70. The fraction of sp³-hybridized carbons (Fsp3) is 0.917. The third-order valence-electron chi connectivity index (χ3n) is 3.20. The first-order chi connectivity index (χ1) is 8.17. The predicted molar refractivity (Wildman–Crippen MR) is 75.3 cm³/mol. The van der Waals surface area contributed by atoms with E-state index in [1.54, 1.807) is 7.11 Å². The van der Waals surface area contributed by atoms with Gasteiger partial charge in [0.2, 0.25) is 0 Å². The predicted octanol–water partition coefficient (Wildman–Crippen LogP) is 0.970. The summed E-state index contributed by atoms with van der Waals surface area (Å²) in [5, 5.41) is 7.25. The first-order valence-electron chi connectivity index (χ1n) is 6.44. The Morgan fingerprint density at radius 2 is 2.35 bits per heavy atom. The number of hydrogen-bond acceptors (Lipinski definition) is 3. The highest BCUT2D eigenvalue weighted by molar-refractivity contribution is 7.80. The summed E-state index contributed by atoms with van der Waals surface area (Å²) in [6.45, 7) is 8.25. The lowest BCUT2D eigenvalue weighted by Crippen LogP contribution is -2.47. The lowest BCUT2D eigenvalue weighted by atomic mass is 10.2. The maximum absolute atomic E-state index is 5.26. The Kier molecular flexibility index (Phi) is 6.77. The van der Waals surface area contributed by atoms with Gasteiger partial charge in [-0.25, -0.2) is 0 Å². The third kappa shape index (κ3) is 5.19. The average Bonchev–Trinajstić information content (AvgIpc) is 2.73. The lowest BCUT2D eigenvalue weighted by Gasteiger charge is -2.24. The SMILES string of the molecule is CCN1CCCC1CNC(=S)NC(C)COC. The van der Waals surface area contributed by atoms with Crippen molar-refractivity contribution in [3.63, 3.8) is 0 Å². The van der Waals surface area contributed by atoms with Crippen LogP contribution < -0.4 is 10.6 Å². The zero-order valence-electron chi connectivity index (χ0n) is 11.2. The minimum Gasteiger partial charge on any atom is -0.383 e. The Balaban J connectivity index is 2.19. The van der Waals surface area contributed by atoms with Crippen LogP contribution in [0, 0.1) is 0 Å². The van der Waals surface area contributed by atoms with Gasteiger partial charge in [0.1, 0.15) is 0 Å². The Labute approximate surface area is 110 Å². The number of ether oxygens (including phenoxy) is 1. The highest BCUT2D eigenvalue weighted by Crippen LogP contribution is 2.15. The van der Waals surface area contributed by atoms with Gasteiger partial charge in [-0.1, -0.05) is 6.92 Å². The van der Waals surface area contributed by atoms with Gasteiger partial charge in [0.15, 0.2) is 5.11 Å². The van der Waals surface area contributed by atoms with E-state index >= 15 is 0 Å². The fourth-order valence-electron chi connectivity index (χ4n) is 2.32. The van der Waals surface area contributed by atoms with E-state index in [1.165, 1.54) is 19.4 Å². The van der Waals surface area contributed by atoms with E-state index in [2.05, 4.69) is 29.4 Å². The molecule has 17 heavy (non-hydrogen) atoms. The van der Waals surface area contributed by atoms with Crippen LogP contribution in [0.25, 0.3) is 0 Å². The summed E-state index contributed by atoms with van der Waals surface area (Å²) >= 11 is 5.26. The van der Waals surface area contributed by atoms with E-state index in [1.807, 2.05) is 0 Å². The smallest absolute Gasteiger partial charge is 0.166 e. The highest BCUT2D eigenvalue weighted by Gasteiger charge is 2.22. The molecule has 4 nitrogen and oxygen atoms in total. The molecule has 1 aliphatic rings. The van der Waals surface area contributed by atoms with Gasteiger partial charge in [0, 0.05) is 25.7 Å². The summed E-state index contributed by atoms with van der Waals surface area (Å²) in [4.78, 5) is 2.51. The van der Waals surface area contributed by atoms with Crippen LogP contribution in [0.3, 0.4) is 0 Å². The number of likely N-dealkylation sites (tertiary alicyclic amines) is 1. The van der Waals surface area contributed by atoms with Crippen molar-refractivity contribution in [2.45, 2.75) is 38.8 Å². The Morgan fingerprint density at radius 1 is 1.59 bits per heavy atom. The second-order valence-corrected chi connectivity index (χ2v) is 5.04. The molecule has 1 heterocycles. The fourth-order valence-corrected chi connectivity index (χ4v) is 2.60. The number of hydrogen-bond donors (Lipinski definition) is 2. The molecule has 2 unspecified atom stereocenters. The van der Waals surface area contributed by atoms with Crippen LogP contribution in [-0.2, 0) is 4.74 Å². The molecular weight excluding hydrogens is 234 g/mol. The van der Waals surface area contributed by atoms with Gasteiger partial charge < -0.3 is 15.4 Å². The molecule has 0 aromatic rings. The molecule has 0 aliphatic carbocycles. The van der Waals surface area contributed by atoms with Crippen molar-refractivity contribution in [1.82, 2.24) is 15.5 Å². The maximum Gasteiger partial charge on any atom is 0.166 e. The maximum atomic E-state index is 5.26. The summed E-state index contributed by atoms with van der Waals surface area (Å²) in [5.74, 6) is 0. The summed E-state index contributed by atoms with van der Waals surface area (Å²) in [5.41, 5.74) is 0. The van der Waals surface area contributed by atoms with Crippen molar-refractivity contribution < 1.29 is 4.74 Å². The van der Waals surface area contributed by atoms with E-state index in [4.69, 9.17) is 17.0 Å². The molecule has 0 radical (unpaired) electrons. The standard InChI is InChI=1S/C12H25N3OS/c1-4-15-7-5-6-11(15)8-13-12(17)14-10(2)9-16-3/h10-11H,4-9H2,1-3H3,(H2,13,14,17). The number of likely N-dealkylation sites (N-methyl/N-ethyl adjacent to an activating group) is 1. The van der Waals surface area contributed by atoms with E-state index in [-0.39, 0.29) is 6.04 Å². The monoisotopic (exact) mass is 259 g/mol. The number of thiocarbonyl (C=S) groups is 1. The zero-order valence-corrected chi connectivity index (χ0v) is 12.0. The van der Waals surface area contributed by atoms with Gasteiger partial charge in [-0.3, -0.25) is 4.90 Å². The number of methoxy groups -OCH3 is 1. The van der Waals surface area contributed by atoms with Crippen LogP contribution in [0.4, 0.5) is 0 Å². The molecule has 1 saturated heterocycles. The van der Waals surface area contributed by atoms with Crippen LogP contribution in [-0.4, -0.2) is 55.4 Å². The molecule has 2 atom stereocenters. The second-order valence-electron chi connectivity index (χ2n) is 4.64. The van der Waals surface area contributed by atoms with Crippen LogP contribution in [0.15, 0.2) is 0 Å². The number of nitrogens with zero attached hydrogens (tertiary/aromatic N) is 1. The van der Waals surface area contributed by atoms with Gasteiger partial charge in [-0.05, 0) is 45.1 Å². The molecule has 1 aliphatic heterocycles. The van der Waals surface area contributed by atoms with Crippen LogP contribution in [0.1, 0.15) is 26.7 Å². The zero-order chi connectivity index (χ0) is 12.7. The van der Waals surface area contributed by atoms with Gasteiger partial charge >= 0.3 is 0 Å². The number of nitrogens with one attached hydrogen (secondary N) is 2. The third-order valence-corrected chi connectivity index (χ3v) is 3.46. The first kappa shape index (κ1) is 14.7. The molecule has 0 aromatic heterocycles. The quantitative estimate of drug-likeness (QED) is 0.695. The average molecular weight is 259 g/mol. The molecule has 0 bridgehead atoms. The minimum atomic E-state index is 0.255. The van der Waals surface area contributed by atoms with Crippen molar-refractivity contribution in [2.75, 3.05) is 33.4 Å². The van der Waals surface area contributed by atoms with Gasteiger partial charge in [-0.15, -0.1) is 0 Å². The molecule has 0 amide bonds. The molecule has 0 spiro atoms. The normalized spacial score (nSPS) is 22.4. The van der Waals surface area contributed by atoms with Crippen LogP contribution in [0.5, 0.6) is 0 Å². The molecule has 1 rings (SSSR count). The molecule has 0 saturated carbocycles. The van der Waals surface area contributed by atoms with Crippen molar-refractivity contribution in [1.29, 1.82) is 0 Å².